The molecule has 1 heterocycles. The van der Waals surface area contributed by atoms with Crippen LogP contribution in [0.2, 0.25) is 0 Å². The molecule has 3 aliphatic rings. The molecular weight excluding hydrogens is 146 g/mol. The fraction of sp³-hybridized carbons (Fsp3) is 1.00. The second kappa shape index (κ2) is 2.25. The van der Waals surface area contributed by atoms with Gasteiger partial charge in [0.25, 0.3) is 0 Å². The van der Waals surface area contributed by atoms with Crippen LogP contribution < -0.4 is 0 Å². The summed E-state index contributed by atoms with van der Waals surface area (Å²) in [5.74, 6) is 1.02. The van der Waals surface area contributed by atoms with Crippen LogP contribution in [0.5, 0.6) is 0 Å². The molecule has 0 aromatic carbocycles. The Morgan fingerprint density at radius 2 is 1.92 bits per heavy atom. The minimum Gasteiger partial charge on any atom is -0.300 e. The van der Waals surface area contributed by atoms with Crippen molar-refractivity contribution in [1.82, 2.24) is 4.90 Å². The SMILES string of the molecule is CC1CC(N2CCC3(CC3)C2)C1. The van der Waals surface area contributed by atoms with Gasteiger partial charge >= 0.3 is 0 Å². The quantitative estimate of drug-likeness (QED) is 0.576. The lowest BCUT2D eigenvalue weighted by Gasteiger charge is -2.39. The smallest absolute Gasteiger partial charge is 0.0101 e. The summed E-state index contributed by atoms with van der Waals surface area (Å²) >= 11 is 0. The predicted octanol–water partition coefficient (Wildman–Crippen LogP) is 2.27. The van der Waals surface area contributed by atoms with E-state index in [9.17, 15) is 0 Å². The van der Waals surface area contributed by atoms with Crippen molar-refractivity contribution < 1.29 is 0 Å². The van der Waals surface area contributed by atoms with E-state index in [1.807, 2.05) is 0 Å². The Kier molecular flexibility index (Phi) is 1.39. The molecule has 68 valence electrons. The first-order chi connectivity index (χ1) is 5.77. The predicted molar refractivity (Wildman–Crippen MR) is 50.0 cm³/mol. The number of hydrogen-bond donors (Lipinski definition) is 0. The fourth-order valence-electron chi connectivity index (χ4n) is 3.02. The van der Waals surface area contributed by atoms with Crippen molar-refractivity contribution in [3.8, 4) is 0 Å². The molecule has 0 aromatic rings. The molecule has 0 aromatic heterocycles. The van der Waals surface area contributed by atoms with Crippen molar-refractivity contribution in [3.05, 3.63) is 0 Å². The minimum atomic E-state index is 0.846. The number of likely N-dealkylation sites (tertiary alicyclic amines) is 1. The van der Waals surface area contributed by atoms with Gasteiger partial charge < -0.3 is 0 Å². The molecule has 1 heteroatoms. The highest BCUT2D eigenvalue weighted by Gasteiger charge is 2.49. The third-order valence-corrected chi connectivity index (χ3v) is 4.29. The normalized spacial score (nSPS) is 44.8. The first-order valence-corrected chi connectivity index (χ1v) is 5.52. The van der Waals surface area contributed by atoms with E-state index in [2.05, 4.69) is 11.8 Å². The van der Waals surface area contributed by atoms with E-state index in [-0.39, 0.29) is 0 Å². The summed E-state index contributed by atoms with van der Waals surface area (Å²) in [4.78, 5) is 2.77. The summed E-state index contributed by atoms with van der Waals surface area (Å²) in [6.07, 6.45) is 7.54. The summed E-state index contributed by atoms with van der Waals surface area (Å²) in [5.41, 5.74) is 0.846. The third-order valence-electron chi connectivity index (χ3n) is 4.29. The van der Waals surface area contributed by atoms with Crippen molar-refractivity contribution in [2.45, 2.75) is 45.1 Å². The van der Waals surface area contributed by atoms with Gasteiger partial charge in [-0.05, 0) is 50.0 Å². The Balaban J connectivity index is 1.58. The molecule has 2 aliphatic carbocycles. The number of rotatable bonds is 1. The maximum absolute atomic E-state index is 2.77. The average molecular weight is 165 g/mol. The van der Waals surface area contributed by atoms with Crippen LogP contribution in [0.25, 0.3) is 0 Å². The van der Waals surface area contributed by atoms with Crippen LogP contribution >= 0.6 is 0 Å². The molecule has 0 atom stereocenters. The molecule has 12 heavy (non-hydrogen) atoms. The highest BCUT2D eigenvalue weighted by Crippen LogP contribution is 2.54. The van der Waals surface area contributed by atoms with Gasteiger partial charge in [0.1, 0.15) is 0 Å². The van der Waals surface area contributed by atoms with E-state index < -0.39 is 0 Å². The fourth-order valence-corrected chi connectivity index (χ4v) is 3.02. The van der Waals surface area contributed by atoms with Crippen LogP contribution in [-0.4, -0.2) is 24.0 Å². The molecule has 0 bridgehead atoms. The summed E-state index contributed by atoms with van der Waals surface area (Å²) in [6.45, 7) is 5.25. The van der Waals surface area contributed by atoms with E-state index in [0.717, 1.165) is 17.4 Å². The summed E-state index contributed by atoms with van der Waals surface area (Å²) in [6, 6.07) is 0.986. The molecule has 0 N–H and O–H groups in total. The van der Waals surface area contributed by atoms with E-state index in [0.29, 0.717) is 0 Å². The molecule has 0 unspecified atom stereocenters. The van der Waals surface area contributed by atoms with Gasteiger partial charge in [-0.3, -0.25) is 4.90 Å². The molecule has 3 rings (SSSR count). The first-order valence-electron chi connectivity index (χ1n) is 5.52. The standard InChI is InChI=1S/C11H19N/c1-9-6-10(7-9)12-5-4-11(8-12)2-3-11/h9-10H,2-8H2,1H3. The number of nitrogens with zero attached hydrogens (tertiary/aromatic N) is 1. The van der Waals surface area contributed by atoms with Crippen molar-refractivity contribution in [2.24, 2.45) is 11.3 Å². The van der Waals surface area contributed by atoms with Crippen molar-refractivity contribution in [2.75, 3.05) is 13.1 Å². The Labute approximate surface area is 75.1 Å². The van der Waals surface area contributed by atoms with Gasteiger partial charge in [-0.25, -0.2) is 0 Å². The minimum absolute atomic E-state index is 0.846. The second-order valence-electron chi connectivity index (χ2n) is 5.45. The van der Waals surface area contributed by atoms with Crippen molar-refractivity contribution >= 4 is 0 Å². The topological polar surface area (TPSA) is 3.24 Å². The third kappa shape index (κ3) is 1.02. The van der Waals surface area contributed by atoms with Crippen LogP contribution in [0, 0.1) is 11.3 Å². The maximum atomic E-state index is 2.77. The zero-order chi connectivity index (χ0) is 8.18. The van der Waals surface area contributed by atoms with Crippen LogP contribution in [0.15, 0.2) is 0 Å². The Morgan fingerprint density at radius 1 is 1.17 bits per heavy atom. The van der Waals surface area contributed by atoms with E-state index >= 15 is 0 Å². The molecule has 1 spiro atoms. The van der Waals surface area contributed by atoms with Crippen molar-refractivity contribution in [3.63, 3.8) is 0 Å². The van der Waals surface area contributed by atoms with E-state index in [4.69, 9.17) is 0 Å². The lowest BCUT2D eigenvalue weighted by atomic mass is 9.81. The van der Waals surface area contributed by atoms with Crippen LogP contribution in [0.4, 0.5) is 0 Å². The van der Waals surface area contributed by atoms with Gasteiger partial charge in [0.15, 0.2) is 0 Å². The first kappa shape index (κ1) is 7.37. The molecule has 3 fully saturated rings. The summed E-state index contributed by atoms with van der Waals surface area (Å²) in [5, 5.41) is 0. The van der Waals surface area contributed by atoms with Gasteiger partial charge in [0, 0.05) is 12.6 Å². The van der Waals surface area contributed by atoms with Crippen LogP contribution in [0.3, 0.4) is 0 Å². The van der Waals surface area contributed by atoms with Crippen molar-refractivity contribution in [1.29, 1.82) is 0 Å². The van der Waals surface area contributed by atoms with Gasteiger partial charge in [-0.2, -0.15) is 0 Å². The molecule has 1 aliphatic heterocycles. The van der Waals surface area contributed by atoms with Gasteiger partial charge in [-0.15, -0.1) is 0 Å². The molecule has 0 radical (unpaired) electrons. The Hall–Kier alpha value is -0.0400. The zero-order valence-electron chi connectivity index (χ0n) is 8.05. The largest absolute Gasteiger partial charge is 0.300 e. The van der Waals surface area contributed by atoms with E-state index in [1.165, 1.54) is 45.2 Å². The van der Waals surface area contributed by atoms with Crippen LogP contribution in [-0.2, 0) is 0 Å². The number of hydrogen-bond acceptors (Lipinski definition) is 1. The van der Waals surface area contributed by atoms with Gasteiger partial charge in [-0.1, -0.05) is 6.92 Å². The summed E-state index contributed by atoms with van der Waals surface area (Å²) in [7, 11) is 0. The highest BCUT2D eigenvalue weighted by molar-refractivity contribution is 5.03. The Morgan fingerprint density at radius 3 is 2.42 bits per heavy atom. The monoisotopic (exact) mass is 165 g/mol. The summed E-state index contributed by atoms with van der Waals surface area (Å²) < 4.78 is 0. The van der Waals surface area contributed by atoms with Gasteiger partial charge in [0.2, 0.25) is 0 Å². The highest BCUT2D eigenvalue weighted by atomic mass is 15.2. The van der Waals surface area contributed by atoms with E-state index in [1.54, 1.807) is 0 Å². The molecule has 1 nitrogen and oxygen atoms in total. The molecular formula is C11H19N. The molecule has 2 saturated carbocycles. The molecule has 0 amide bonds. The molecule has 1 saturated heterocycles. The lowest BCUT2D eigenvalue weighted by molar-refractivity contribution is 0.105. The lowest BCUT2D eigenvalue weighted by Crippen LogP contribution is -2.42. The maximum Gasteiger partial charge on any atom is 0.0101 e. The Bertz CT molecular complexity index is 189. The van der Waals surface area contributed by atoms with Gasteiger partial charge in [0.05, 0.1) is 0 Å². The zero-order valence-corrected chi connectivity index (χ0v) is 8.05. The second-order valence-corrected chi connectivity index (χ2v) is 5.45. The average Bonchev–Trinajstić information content (AvgIpc) is 2.57. The van der Waals surface area contributed by atoms with Crippen LogP contribution in [0.1, 0.15) is 39.0 Å².